The maximum Gasteiger partial charge on any atom is 0.269 e. The first-order valence-electron chi connectivity index (χ1n) is 4.94. The van der Waals surface area contributed by atoms with Crippen molar-refractivity contribution in [2.45, 2.75) is 25.8 Å². The van der Waals surface area contributed by atoms with Gasteiger partial charge in [-0.1, -0.05) is 26.0 Å². The number of benzene rings is 1. The molecule has 4 heteroatoms. The van der Waals surface area contributed by atoms with Crippen LogP contribution in [-0.4, -0.2) is 11.0 Å². The second-order valence-corrected chi connectivity index (χ2v) is 4.68. The van der Waals surface area contributed by atoms with Crippen molar-refractivity contribution in [3.8, 4) is 0 Å². The molecule has 0 heterocycles. The highest BCUT2D eigenvalue weighted by Crippen LogP contribution is 2.57. The van der Waals surface area contributed by atoms with Crippen molar-refractivity contribution in [3.63, 3.8) is 0 Å². The molecule has 1 fully saturated rings. The molecule has 4 nitrogen and oxygen atoms in total. The Labute approximate surface area is 88.2 Å². The number of rotatable bonds is 2. The van der Waals surface area contributed by atoms with E-state index in [1.54, 1.807) is 12.1 Å². The Bertz CT molecular complexity index is 415. The van der Waals surface area contributed by atoms with E-state index in [0.29, 0.717) is 0 Å². The van der Waals surface area contributed by atoms with Gasteiger partial charge in [-0.25, -0.2) is 0 Å². The Morgan fingerprint density at radius 3 is 2.53 bits per heavy atom. The van der Waals surface area contributed by atoms with Gasteiger partial charge in [-0.2, -0.15) is 0 Å². The second kappa shape index (κ2) is 3.03. The third-order valence-corrected chi connectivity index (χ3v) is 3.35. The van der Waals surface area contributed by atoms with E-state index in [2.05, 4.69) is 13.8 Å². The van der Waals surface area contributed by atoms with Gasteiger partial charge in [0.2, 0.25) is 0 Å². The Balaban J connectivity index is 2.32. The molecular weight excluding hydrogens is 192 g/mol. The van der Waals surface area contributed by atoms with E-state index in [4.69, 9.17) is 5.73 Å². The molecule has 0 radical (unpaired) electrons. The molecule has 80 valence electrons. The van der Waals surface area contributed by atoms with E-state index in [-0.39, 0.29) is 28.0 Å². The predicted molar refractivity (Wildman–Crippen MR) is 57.6 cm³/mol. The van der Waals surface area contributed by atoms with Crippen LogP contribution in [0, 0.1) is 15.5 Å². The molecule has 0 aromatic heterocycles. The molecule has 1 aromatic rings. The van der Waals surface area contributed by atoms with Crippen LogP contribution in [0.1, 0.15) is 25.3 Å². The van der Waals surface area contributed by atoms with E-state index in [1.807, 2.05) is 6.07 Å². The smallest absolute Gasteiger partial charge is 0.269 e. The summed E-state index contributed by atoms with van der Waals surface area (Å²) in [6.07, 6.45) is 0. The number of nitrogens with two attached hydrogens (primary N) is 1. The fourth-order valence-electron chi connectivity index (χ4n) is 2.15. The Morgan fingerprint density at radius 2 is 2.07 bits per heavy atom. The van der Waals surface area contributed by atoms with E-state index < -0.39 is 0 Å². The minimum absolute atomic E-state index is 0.0647. The largest absolute Gasteiger partial charge is 0.327 e. The number of nitro groups is 1. The van der Waals surface area contributed by atoms with Gasteiger partial charge in [0.25, 0.3) is 5.69 Å². The predicted octanol–water partition coefficient (Wildman–Crippen LogP) is 2.05. The van der Waals surface area contributed by atoms with E-state index in [0.717, 1.165) is 5.56 Å². The highest BCUT2D eigenvalue weighted by atomic mass is 16.6. The minimum atomic E-state index is -0.371. The second-order valence-electron chi connectivity index (χ2n) is 4.68. The SMILES string of the molecule is CC1(C)[C@@H](N)[C@@H]1c1cccc([N+](=O)[O-])c1. The molecule has 0 saturated heterocycles. The van der Waals surface area contributed by atoms with Crippen LogP contribution >= 0.6 is 0 Å². The molecule has 1 saturated carbocycles. The molecule has 2 N–H and O–H groups in total. The van der Waals surface area contributed by atoms with E-state index in [9.17, 15) is 10.1 Å². The summed E-state index contributed by atoms with van der Waals surface area (Å²) in [5.41, 5.74) is 7.11. The molecule has 1 aromatic carbocycles. The van der Waals surface area contributed by atoms with Crippen LogP contribution < -0.4 is 5.73 Å². The molecule has 0 bridgehead atoms. The lowest BCUT2D eigenvalue weighted by atomic mass is 10.0. The van der Waals surface area contributed by atoms with Crippen LogP contribution in [0.25, 0.3) is 0 Å². The van der Waals surface area contributed by atoms with Gasteiger partial charge in [0.1, 0.15) is 0 Å². The van der Waals surface area contributed by atoms with Crippen molar-refractivity contribution in [2.24, 2.45) is 11.1 Å². The van der Waals surface area contributed by atoms with Gasteiger partial charge in [-0.15, -0.1) is 0 Å². The average molecular weight is 206 g/mol. The summed E-state index contributed by atoms with van der Waals surface area (Å²) < 4.78 is 0. The Kier molecular flexibility index (Phi) is 2.04. The highest BCUT2D eigenvalue weighted by Gasteiger charge is 2.56. The number of hydrogen-bond acceptors (Lipinski definition) is 3. The van der Waals surface area contributed by atoms with Crippen LogP contribution in [0.15, 0.2) is 24.3 Å². The monoisotopic (exact) mass is 206 g/mol. The zero-order valence-electron chi connectivity index (χ0n) is 8.81. The molecule has 0 aliphatic heterocycles. The third kappa shape index (κ3) is 1.51. The van der Waals surface area contributed by atoms with Gasteiger partial charge in [0, 0.05) is 24.1 Å². The molecule has 0 spiro atoms. The van der Waals surface area contributed by atoms with Crippen LogP contribution in [0.3, 0.4) is 0 Å². The summed E-state index contributed by atoms with van der Waals surface area (Å²) in [6, 6.07) is 6.87. The number of nitro benzene ring substituents is 1. The average Bonchev–Trinajstić information content (AvgIpc) is 2.66. The molecule has 2 atom stereocenters. The molecule has 1 aliphatic rings. The van der Waals surface area contributed by atoms with E-state index in [1.165, 1.54) is 6.07 Å². The maximum absolute atomic E-state index is 10.6. The van der Waals surface area contributed by atoms with Crippen molar-refractivity contribution in [1.82, 2.24) is 0 Å². The summed E-state index contributed by atoms with van der Waals surface area (Å²) in [5.74, 6) is 0.248. The van der Waals surface area contributed by atoms with Gasteiger partial charge in [-0.05, 0) is 11.0 Å². The summed E-state index contributed by atoms with van der Waals surface area (Å²) in [5, 5.41) is 10.6. The fraction of sp³-hybridized carbons (Fsp3) is 0.455. The van der Waals surface area contributed by atoms with Gasteiger partial charge < -0.3 is 5.73 Å². The lowest BCUT2D eigenvalue weighted by Gasteiger charge is -2.02. The lowest BCUT2D eigenvalue weighted by molar-refractivity contribution is -0.384. The third-order valence-electron chi connectivity index (χ3n) is 3.35. The van der Waals surface area contributed by atoms with E-state index >= 15 is 0 Å². The maximum atomic E-state index is 10.6. The first-order chi connectivity index (χ1) is 6.94. The minimum Gasteiger partial charge on any atom is -0.327 e. The molecule has 2 rings (SSSR count). The van der Waals surface area contributed by atoms with Crippen LogP contribution in [0.5, 0.6) is 0 Å². The Morgan fingerprint density at radius 1 is 1.47 bits per heavy atom. The fourth-order valence-corrected chi connectivity index (χ4v) is 2.15. The number of hydrogen-bond donors (Lipinski definition) is 1. The zero-order valence-corrected chi connectivity index (χ0v) is 8.81. The van der Waals surface area contributed by atoms with Crippen LogP contribution in [-0.2, 0) is 0 Å². The van der Waals surface area contributed by atoms with Gasteiger partial charge in [-0.3, -0.25) is 10.1 Å². The summed E-state index contributed by atoms with van der Waals surface area (Å²) >= 11 is 0. The van der Waals surface area contributed by atoms with Gasteiger partial charge >= 0.3 is 0 Å². The molecule has 0 unspecified atom stereocenters. The normalized spacial score (nSPS) is 27.4. The van der Waals surface area contributed by atoms with Gasteiger partial charge in [0.05, 0.1) is 4.92 Å². The van der Waals surface area contributed by atoms with Gasteiger partial charge in [0.15, 0.2) is 0 Å². The standard InChI is InChI=1S/C11H14N2O2/c1-11(2)9(10(11)12)7-4-3-5-8(6-7)13(14)15/h3-6,9-10H,12H2,1-2H3/t9-,10-/m0/s1. The Hall–Kier alpha value is -1.42. The summed E-state index contributed by atoms with van der Waals surface area (Å²) in [4.78, 5) is 10.2. The van der Waals surface area contributed by atoms with Crippen molar-refractivity contribution >= 4 is 5.69 Å². The van der Waals surface area contributed by atoms with Crippen LogP contribution in [0.4, 0.5) is 5.69 Å². The molecule has 1 aliphatic carbocycles. The van der Waals surface area contributed by atoms with Crippen LogP contribution in [0.2, 0.25) is 0 Å². The van der Waals surface area contributed by atoms with Crippen molar-refractivity contribution in [1.29, 1.82) is 0 Å². The summed E-state index contributed by atoms with van der Waals surface area (Å²) in [7, 11) is 0. The summed E-state index contributed by atoms with van der Waals surface area (Å²) in [6.45, 7) is 4.17. The quantitative estimate of drug-likeness (QED) is 0.594. The highest BCUT2D eigenvalue weighted by molar-refractivity contribution is 5.41. The number of nitrogens with zero attached hydrogens (tertiary/aromatic N) is 1. The lowest BCUT2D eigenvalue weighted by Crippen LogP contribution is -2.06. The van der Waals surface area contributed by atoms with Crippen molar-refractivity contribution in [3.05, 3.63) is 39.9 Å². The topological polar surface area (TPSA) is 69.2 Å². The number of non-ortho nitro benzene ring substituents is 1. The van der Waals surface area contributed by atoms with Crippen molar-refractivity contribution in [2.75, 3.05) is 0 Å². The molecular formula is C11H14N2O2. The van der Waals surface area contributed by atoms with Crippen molar-refractivity contribution < 1.29 is 4.92 Å². The first-order valence-corrected chi connectivity index (χ1v) is 4.94. The first kappa shape index (κ1) is 10.1. The molecule has 15 heavy (non-hydrogen) atoms. The zero-order chi connectivity index (χ0) is 11.2. The molecule has 0 amide bonds.